The molecule has 16 heavy (non-hydrogen) atoms. The van der Waals surface area contributed by atoms with Crippen LogP contribution in [0.15, 0.2) is 35.2 Å². The number of carbonyl (C=O) groups is 1. The van der Waals surface area contributed by atoms with E-state index >= 15 is 0 Å². The normalized spacial score (nSPS) is 10.6. The summed E-state index contributed by atoms with van der Waals surface area (Å²) < 4.78 is 6.92. The van der Waals surface area contributed by atoms with Crippen molar-refractivity contribution < 1.29 is 9.32 Å². The molecule has 0 unspecified atom stereocenters. The number of hydrogen-bond donors (Lipinski definition) is 0. The Labute approximate surface area is 93.9 Å². The van der Waals surface area contributed by atoms with Crippen LogP contribution in [0.4, 0.5) is 0 Å². The number of rotatable bonds is 5. The lowest BCUT2D eigenvalue weighted by molar-refractivity contribution is 0.0981. The lowest BCUT2D eigenvalue weighted by Crippen LogP contribution is -1.98. The molecule has 0 radical (unpaired) electrons. The first kappa shape index (κ1) is 10.7. The Morgan fingerprint density at radius 2 is 2.38 bits per heavy atom. The lowest BCUT2D eigenvalue weighted by atomic mass is 10.1. The molecule has 2 rings (SSSR count). The number of hydrogen-bond acceptors (Lipinski definition) is 3. The van der Waals surface area contributed by atoms with E-state index in [1.807, 2.05) is 36.0 Å². The van der Waals surface area contributed by atoms with Crippen LogP contribution in [0.25, 0.3) is 0 Å². The maximum Gasteiger partial charge on any atom is 0.164 e. The van der Waals surface area contributed by atoms with Gasteiger partial charge in [0.2, 0.25) is 0 Å². The summed E-state index contributed by atoms with van der Waals surface area (Å²) in [5, 5.41) is 3.63. The molecule has 0 aliphatic carbocycles. The SMILES string of the molecule is CCCC(=O)c1ccn(Cc2ccno2)c1. The van der Waals surface area contributed by atoms with E-state index in [2.05, 4.69) is 5.16 Å². The third-order valence-corrected chi connectivity index (χ3v) is 2.38. The van der Waals surface area contributed by atoms with Gasteiger partial charge in [0.05, 0.1) is 12.7 Å². The van der Waals surface area contributed by atoms with Crippen molar-refractivity contribution in [1.82, 2.24) is 9.72 Å². The Hall–Kier alpha value is -1.84. The summed E-state index contributed by atoms with van der Waals surface area (Å²) in [6.07, 6.45) is 6.83. The molecule has 0 aromatic carbocycles. The average Bonchev–Trinajstić information content (AvgIpc) is 2.90. The van der Waals surface area contributed by atoms with Crippen LogP contribution in [0.1, 0.15) is 35.9 Å². The highest BCUT2D eigenvalue weighted by molar-refractivity contribution is 5.95. The second-order valence-electron chi connectivity index (χ2n) is 3.72. The topological polar surface area (TPSA) is 48.0 Å². The number of nitrogens with zero attached hydrogens (tertiary/aromatic N) is 2. The van der Waals surface area contributed by atoms with E-state index in [4.69, 9.17) is 4.52 Å². The molecule has 0 aliphatic heterocycles. The summed E-state index contributed by atoms with van der Waals surface area (Å²) in [5.74, 6) is 0.976. The minimum atomic E-state index is 0.193. The fraction of sp³-hybridized carbons (Fsp3) is 0.333. The molecule has 0 fully saturated rings. The van der Waals surface area contributed by atoms with E-state index in [1.54, 1.807) is 6.20 Å². The first-order chi connectivity index (χ1) is 7.79. The number of aromatic nitrogens is 2. The Morgan fingerprint density at radius 3 is 3.06 bits per heavy atom. The molecule has 0 amide bonds. The minimum absolute atomic E-state index is 0.193. The van der Waals surface area contributed by atoms with Crippen LogP contribution in [0.2, 0.25) is 0 Å². The smallest absolute Gasteiger partial charge is 0.164 e. The predicted molar refractivity (Wildman–Crippen MR) is 59.3 cm³/mol. The van der Waals surface area contributed by atoms with Crippen LogP contribution in [0.3, 0.4) is 0 Å². The summed E-state index contributed by atoms with van der Waals surface area (Å²) in [7, 11) is 0. The maximum atomic E-state index is 11.6. The van der Waals surface area contributed by atoms with Gasteiger partial charge in [0.25, 0.3) is 0 Å². The molecule has 84 valence electrons. The van der Waals surface area contributed by atoms with Crippen molar-refractivity contribution >= 4 is 5.78 Å². The summed E-state index contributed by atoms with van der Waals surface area (Å²) in [4.78, 5) is 11.6. The molecule has 0 atom stereocenters. The molecule has 0 saturated heterocycles. The fourth-order valence-electron chi connectivity index (χ4n) is 1.58. The second kappa shape index (κ2) is 4.79. The van der Waals surface area contributed by atoms with E-state index in [9.17, 15) is 4.79 Å². The average molecular weight is 218 g/mol. The van der Waals surface area contributed by atoms with Gasteiger partial charge in [-0.05, 0) is 12.5 Å². The summed E-state index contributed by atoms with van der Waals surface area (Å²) >= 11 is 0. The van der Waals surface area contributed by atoms with Gasteiger partial charge in [-0.15, -0.1) is 0 Å². The predicted octanol–water partition coefficient (Wildman–Crippen LogP) is 2.51. The van der Waals surface area contributed by atoms with Gasteiger partial charge in [0.1, 0.15) is 0 Å². The van der Waals surface area contributed by atoms with Crippen LogP contribution in [-0.2, 0) is 6.54 Å². The Bertz CT molecular complexity index is 457. The highest BCUT2D eigenvalue weighted by atomic mass is 16.5. The summed E-state index contributed by atoms with van der Waals surface area (Å²) in [6.45, 7) is 2.61. The van der Waals surface area contributed by atoms with Gasteiger partial charge in [0.15, 0.2) is 11.5 Å². The summed E-state index contributed by atoms with van der Waals surface area (Å²) in [6, 6.07) is 3.65. The van der Waals surface area contributed by atoms with Crippen molar-refractivity contribution in [2.75, 3.05) is 0 Å². The number of Topliss-reactive ketones (excluding diaryl/α,β-unsaturated/α-hetero) is 1. The van der Waals surface area contributed by atoms with E-state index in [1.165, 1.54) is 0 Å². The molecule has 2 aromatic rings. The van der Waals surface area contributed by atoms with Gasteiger partial charge >= 0.3 is 0 Å². The van der Waals surface area contributed by atoms with E-state index in [-0.39, 0.29) is 5.78 Å². The lowest BCUT2D eigenvalue weighted by Gasteiger charge is -1.97. The molecule has 4 nitrogen and oxygen atoms in total. The second-order valence-corrected chi connectivity index (χ2v) is 3.72. The third-order valence-electron chi connectivity index (χ3n) is 2.38. The highest BCUT2D eigenvalue weighted by Gasteiger charge is 2.07. The molecule has 2 aromatic heterocycles. The van der Waals surface area contributed by atoms with Crippen molar-refractivity contribution in [3.05, 3.63) is 42.0 Å². The highest BCUT2D eigenvalue weighted by Crippen LogP contribution is 2.08. The standard InChI is InChI=1S/C12H14N2O2/c1-2-3-12(15)10-5-7-14(8-10)9-11-4-6-13-16-11/h4-8H,2-3,9H2,1H3. The van der Waals surface area contributed by atoms with Crippen LogP contribution < -0.4 is 0 Å². The van der Waals surface area contributed by atoms with Gasteiger partial charge in [-0.3, -0.25) is 4.79 Å². The first-order valence-corrected chi connectivity index (χ1v) is 5.38. The first-order valence-electron chi connectivity index (χ1n) is 5.38. The van der Waals surface area contributed by atoms with Crippen LogP contribution in [0.5, 0.6) is 0 Å². The monoisotopic (exact) mass is 218 g/mol. The molecular formula is C12H14N2O2. The van der Waals surface area contributed by atoms with Crippen molar-refractivity contribution in [3.63, 3.8) is 0 Å². The minimum Gasteiger partial charge on any atom is -0.359 e. The zero-order valence-corrected chi connectivity index (χ0v) is 9.22. The van der Waals surface area contributed by atoms with Crippen molar-refractivity contribution in [2.24, 2.45) is 0 Å². The molecule has 0 saturated carbocycles. The molecule has 0 spiro atoms. The number of carbonyl (C=O) groups excluding carboxylic acids is 1. The number of ketones is 1. The Balaban J connectivity index is 2.05. The van der Waals surface area contributed by atoms with Gasteiger partial charge in [0, 0.05) is 30.4 Å². The Morgan fingerprint density at radius 1 is 1.50 bits per heavy atom. The van der Waals surface area contributed by atoms with E-state index < -0.39 is 0 Å². The van der Waals surface area contributed by atoms with E-state index in [0.29, 0.717) is 13.0 Å². The van der Waals surface area contributed by atoms with E-state index in [0.717, 1.165) is 17.7 Å². The largest absolute Gasteiger partial charge is 0.359 e. The molecule has 0 bridgehead atoms. The molecule has 0 aliphatic rings. The quantitative estimate of drug-likeness (QED) is 0.724. The van der Waals surface area contributed by atoms with Crippen molar-refractivity contribution in [1.29, 1.82) is 0 Å². The summed E-state index contributed by atoms with van der Waals surface area (Å²) in [5.41, 5.74) is 0.765. The zero-order valence-electron chi connectivity index (χ0n) is 9.22. The molecule has 0 N–H and O–H groups in total. The van der Waals surface area contributed by atoms with Gasteiger partial charge in [-0.2, -0.15) is 0 Å². The van der Waals surface area contributed by atoms with Gasteiger partial charge in [-0.25, -0.2) is 0 Å². The van der Waals surface area contributed by atoms with Crippen LogP contribution in [0, 0.1) is 0 Å². The van der Waals surface area contributed by atoms with Crippen LogP contribution >= 0.6 is 0 Å². The zero-order chi connectivity index (χ0) is 11.4. The van der Waals surface area contributed by atoms with Gasteiger partial charge in [-0.1, -0.05) is 12.1 Å². The van der Waals surface area contributed by atoms with Crippen LogP contribution in [-0.4, -0.2) is 15.5 Å². The molecule has 2 heterocycles. The Kier molecular flexibility index (Phi) is 3.19. The maximum absolute atomic E-state index is 11.6. The van der Waals surface area contributed by atoms with Gasteiger partial charge < -0.3 is 9.09 Å². The molecule has 4 heteroatoms. The fourth-order valence-corrected chi connectivity index (χ4v) is 1.58. The molecular weight excluding hydrogens is 204 g/mol. The van der Waals surface area contributed by atoms with Crippen molar-refractivity contribution in [2.45, 2.75) is 26.3 Å². The van der Waals surface area contributed by atoms with Crippen molar-refractivity contribution in [3.8, 4) is 0 Å². The third kappa shape index (κ3) is 2.39.